The molecule has 0 radical (unpaired) electrons. The molecule has 36 heavy (non-hydrogen) atoms. The van der Waals surface area contributed by atoms with Gasteiger partial charge in [0, 0.05) is 11.1 Å². The maximum absolute atomic E-state index is 15.1. The number of allylic oxidation sites excluding steroid dienone is 1. The molecule has 0 amide bonds. The molecule has 0 bridgehead atoms. The van der Waals surface area contributed by atoms with Crippen LogP contribution in [0.3, 0.4) is 0 Å². The fraction of sp³-hybridized carbons (Fsp3) is 0.133. The molecule has 0 aliphatic heterocycles. The van der Waals surface area contributed by atoms with Crippen molar-refractivity contribution in [1.82, 2.24) is 0 Å². The molecule has 0 saturated heterocycles. The Morgan fingerprint density at radius 1 is 0.528 bits per heavy atom. The molecule has 180 valence electrons. The lowest BCUT2D eigenvalue weighted by molar-refractivity contribution is 0.376. The van der Waals surface area contributed by atoms with Gasteiger partial charge in [-0.2, -0.15) is 0 Å². The molecule has 0 spiro atoms. The summed E-state index contributed by atoms with van der Waals surface area (Å²) >= 11 is 0. The van der Waals surface area contributed by atoms with E-state index in [1.54, 1.807) is 6.08 Å². The minimum atomic E-state index is -2.67. The molecule has 4 aromatic carbocycles. The lowest BCUT2D eigenvalue weighted by Crippen LogP contribution is -2.42. The van der Waals surface area contributed by atoms with E-state index in [9.17, 15) is 13.2 Å². The SMILES string of the molecule is C[Si](C)(C1C(c2c(F)c(F)c(F)c(F)c2F)=Cc2ccccc21)C1c2ccccc2-c2ccccc21. The summed E-state index contributed by atoms with van der Waals surface area (Å²) in [4.78, 5) is 0. The molecule has 0 nitrogen and oxygen atoms in total. The highest BCUT2D eigenvalue weighted by Gasteiger charge is 2.50. The van der Waals surface area contributed by atoms with Crippen LogP contribution in [0.25, 0.3) is 22.8 Å². The Balaban J connectivity index is 1.61. The first-order valence-electron chi connectivity index (χ1n) is 11.7. The lowest BCUT2D eigenvalue weighted by Gasteiger charge is -2.39. The number of fused-ring (bicyclic) bond motifs is 4. The predicted octanol–water partition coefficient (Wildman–Crippen LogP) is 8.62. The van der Waals surface area contributed by atoms with Crippen LogP contribution in [-0.2, 0) is 0 Å². The van der Waals surface area contributed by atoms with Crippen LogP contribution in [0.4, 0.5) is 22.0 Å². The van der Waals surface area contributed by atoms with Crippen molar-refractivity contribution in [3.8, 4) is 11.1 Å². The third-order valence-corrected chi connectivity index (χ3v) is 12.0. The quantitative estimate of drug-likeness (QED) is 0.113. The van der Waals surface area contributed by atoms with Crippen molar-refractivity contribution in [2.75, 3.05) is 0 Å². The third kappa shape index (κ3) is 3.03. The summed E-state index contributed by atoms with van der Waals surface area (Å²) in [5, 5.41) is 0. The largest absolute Gasteiger partial charge is 0.203 e. The van der Waals surface area contributed by atoms with Gasteiger partial charge in [0.1, 0.15) is 0 Å². The predicted molar refractivity (Wildman–Crippen MR) is 134 cm³/mol. The second kappa shape index (κ2) is 8.00. The molecule has 2 aliphatic rings. The van der Waals surface area contributed by atoms with Crippen LogP contribution in [0.5, 0.6) is 0 Å². The minimum Gasteiger partial charge on any atom is -0.203 e. The number of hydrogen-bond acceptors (Lipinski definition) is 0. The summed E-state index contributed by atoms with van der Waals surface area (Å²) in [5.74, 6) is -9.55. The van der Waals surface area contributed by atoms with Crippen LogP contribution >= 0.6 is 0 Å². The van der Waals surface area contributed by atoms with Gasteiger partial charge < -0.3 is 0 Å². The first-order chi connectivity index (χ1) is 17.2. The molecule has 0 N–H and O–H groups in total. The number of rotatable bonds is 3. The Morgan fingerprint density at radius 2 is 0.972 bits per heavy atom. The van der Waals surface area contributed by atoms with Gasteiger partial charge in [0.15, 0.2) is 23.3 Å². The lowest BCUT2D eigenvalue weighted by atomic mass is 10.0. The van der Waals surface area contributed by atoms with Crippen LogP contribution < -0.4 is 0 Å². The zero-order chi connectivity index (χ0) is 25.4. The zero-order valence-corrected chi connectivity index (χ0v) is 20.6. The molecule has 4 aromatic rings. The van der Waals surface area contributed by atoms with Crippen molar-refractivity contribution in [3.05, 3.63) is 130 Å². The summed E-state index contributed by atoms with van der Waals surface area (Å²) in [6.45, 7) is 4.28. The fourth-order valence-electron chi connectivity index (χ4n) is 6.32. The monoisotopic (exact) mass is 504 g/mol. The molecule has 0 saturated carbocycles. The summed E-state index contributed by atoms with van der Waals surface area (Å²) in [6, 6.07) is 23.6. The Hall–Kier alpha value is -3.51. The highest BCUT2D eigenvalue weighted by atomic mass is 28.3. The molecular formula is C30H21F5Si. The van der Waals surface area contributed by atoms with E-state index in [1.807, 2.05) is 48.5 Å². The number of halogens is 5. The third-order valence-electron chi connectivity index (χ3n) is 7.75. The van der Waals surface area contributed by atoms with Gasteiger partial charge in [0.2, 0.25) is 5.82 Å². The molecule has 6 heteroatoms. The van der Waals surface area contributed by atoms with E-state index in [1.165, 1.54) is 0 Å². The van der Waals surface area contributed by atoms with Crippen LogP contribution in [0.15, 0.2) is 72.8 Å². The van der Waals surface area contributed by atoms with Crippen LogP contribution in [0, 0.1) is 29.1 Å². The molecule has 1 atom stereocenters. The molecule has 0 heterocycles. The average molecular weight is 505 g/mol. The summed E-state index contributed by atoms with van der Waals surface area (Å²) in [6.07, 6.45) is 1.60. The molecule has 2 aliphatic carbocycles. The Labute approximate surface area is 206 Å². The average Bonchev–Trinajstić information content (AvgIpc) is 3.43. The van der Waals surface area contributed by atoms with Gasteiger partial charge in [-0.25, -0.2) is 22.0 Å². The topological polar surface area (TPSA) is 0 Å². The Bertz CT molecular complexity index is 1510. The summed E-state index contributed by atoms with van der Waals surface area (Å²) < 4.78 is 72.9. The number of hydrogen-bond donors (Lipinski definition) is 0. The zero-order valence-electron chi connectivity index (χ0n) is 19.6. The van der Waals surface area contributed by atoms with Gasteiger partial charge >= 0.3 is 0 Å². The first-order valence-corrected chi connectivity index (χ1v) is 14.9. The van der Waals surface area contributed by atoms with Gasteiger partial charge in [-0.3, -0.25) is 0 Å². The Kier molecular flexibility index (Phi) is 5.09. The standard InChI is InChI=1S/C30H21F5Si/c1-36(2,30-20-13-7-5-11-18(20)19-12-6-8-14-21(19)30)29-17-10-4-3-9-16(17)15-22(29)23-24(31)26(33)28(35)27(34)25(23)32/h3-15,29-30H,1-2H3. The minimum absolute atomic E-state index is 0.0364. The molecule has 0 fully saturated rings. The highest BCUT2D eigenvalue weighted by Crippen LogP contribution is 2.57. The smallest absolute Gasteiger partial charge is 0.200 e. The van der Waals surface area contributed by atoms with Gasteiger partial charge in [-0.15, -0.1) is 0 Å². The molecule has 6 rings (SSSR count). The van der Waals surface area contributed by atoms with Gasteiger partial charge in [-0.1, -0.05) is 92.0 Å². The highest BCUT2D eigenvalue weighted by molar-refractivity contribution is 6.83. The van der Waals surface area contributed by atoms with Gasteiger partial charge in [-0.05, 0) is 39.0 Å². The van der Waals surface area contributed by atoms with Crippen molar-refractivity contribution in [2.45, 2.75) is 24.2 Å². The second-order valence-corrected chi connectivity index (χ2v) is 14.8. The maximum atomic E-state index is 15.1. The molecule has 1 unspecified atom stereocenters. The van der Waals surface area contributed by atoms with E-state index in [2.05, 4.69) is 37.4 Å². The van der Waals surface area contributed by atoms with Crippen LogP contribution in [0.1, 0.15) is 38.9 Å². The van der Waals surface area contributed by atoms with Gasteiger partial charge in [0.25, 0.3) is 0 Å². The normalized spacial score (nSPS) is 16.5. The van der Waals surface area contributed by atoms with E-state index >= 15 is 8.78 Å². The first kappa shape index (κ1) is 22.9. The van der Waals surface area contributed by atoms with E-state index < -0.39 is 48.3 Å². The van der Waals surface area contributed by atoms with Crippen molar-refractivity contribution >= 4 is 19.7 Å². The van der Waals surface area contributed by atoms with Crippen molar-refractivity contribution in [2.24, 2.45) is 0 Å². The maximum Gasteiger partial charge on any atom is 0.200 e. The van der Waals surface area contributed by atoms with Crippen molar-refractivity contribution in [1.29, 1.82) is 0 Å². The van der Waals surface area contributed by atoms with Crippen molar-refractivity contribution < 1.29 is 22.0 Å². The Morgan fingerprint density at radius 3 is 1.53 bits per heavy atom. The second-order valence-electron chi connectivity index (χ2n) is 10.0. The van der Waals surface area contributed by atoms with Crippen LogP contribution in [0.2, 0.25) is 13.1 Å². The molecule has 0 aromatic heterocycles. The summed E-state index contributed by atoms with van der Waals surface area (Å²) in [7, 11) is -2.67. The van der Waals surface area contributed by atoms with E-state index in [-0.39, 0.29) is 11.1 Å². The van der Waals surface area contributed by atoms with E-state index in [0.717, 1.165) is 33.4 Å². The van der Waals surface area contributed by atoms with Crippen molar-refractivity contribution in [3.63, 3.8) is 0 Å². The van der Waals surface area contributed by atoms with Gasteiger partial charge in [0.05, 0.1) is 13.6 Å². The summed E-state index contributed by atoms with van der Waals surface area (Å²) in [5.41, 5.74) is 4.90. The van der Waals surface area contributed by atoms with E-state index in [0.29, 0.717) is 0 Å². The fourth-order valence-corrected chi connectivity index (χ4v) is 10.9. The van der Waals surface area contributed by atoms with Crippen LogP contribution in [-0.4, -0.2) is 8.07 Å². The van der Waals surface area contributed by atoms with E-state index in [4.69, 9.17) is 0 Å². The number of benzene rings is 4. The molecular weight excluding hydrogens is 483 g/mol.